The Morgan fingerprint density at radius 1 is 1.09 bits per heavy atom. The Morgan fingerprint density at radius 2 is 1.80 bits per heavy atom. The highest BCUT2D eigenvalue weighted by Gasteiger charge is 2.31. The first kappa shape index (κ1) is 25.6. The van der Waals surface area contributed by atoms with Gasteiger partial charge in [-0.15, -0.1) is 0 Å². The van der Waals surface area contributed by atoms with Crippen LogP contribution in [0.25, 0.3) is 6.08 Å². The molecular formula is C25H17ClF4N2O3. The molecule has 1 N–H and O–H groups in total. The van der Waals surface area contributed by atoms with Gasteiger partial charge in [0.25, 0.3) is 5.91 Å². The van der Waals surface area contributed by atoms with Crippen LogP contribution in [0.15, 0.2) is 66.2 Å². The number of nitrogens with zero attached hydrogens (tertiary/aromatic N) is 1. The van der Waals surface area contributed by atoms with Crippen LogP contribution >= 0.6 is 11.6 Å². The smallest absolute Gasteiger partial charge is 0.416 e. The lowest BCUT2D eigenvalue weighted by Crippen LogP contribution is -2.15. The maximum atomic E-state index is 13.0. The summed E-state index contributed by atoms with van der Waals surface area (Å²) in [4.78, 5) is 12.5. The van der Waals surface area contributed by atoms with E-state index in [9.17, 15) is 27.6 Å². The zero-order valence-corrected chi connectivity index (χ0v) is 18.9. The largest absolute Gasteiger partial charge is 0.493 e. The minimum Gasteiger partial charge on any atom is -0.493 e. The van der Waals surface area contributed by atoms with Crippen LogP contribution in [-0.4, -0.2) is 13.0 Å². The van der Waals surface area contributed by atoms with Gasteiger partial charge in [-0.25, -0.2) is 4.39 Å². The number of amides is 1. The van der Waals surface area contributed by atoms with Crippen molar-refractivity contribution in [2.45, 2.75) is 12.8 Å². The van der Waals surface area contributed by atoms with Crippen LogP contribution in [0.2, 0.25) is 5.02 Å². The summed E-state index contributed by atoms with van der Waals surface area (Å²) in [5, 5.41) is 11.5. The lowest BCUT2D eigenvalue weighted by atomic mass is 10.1. The van der Waals surface area contributed by atoms with Gasteiger partial charge in [0.05, 0.1) is 23.4 Å². The van der Waals surface area contributed by atoms with E-state index in [1.807, 2.05) is 0 Å². The Bertz CT molecular complexity index is 1300. The SMILES string of the molecule is COc1cc(/C=C(\C#N)C(=O)Nc2cc(C(F)(F)F)ccc2Cl)ccc1OCc1ccc(F)cc1. The van der Waals surface area contributed by atoms with Crippen LogP contribution in [0.3, 0.4) is 0 Å². The second-order valence-electron chi connectivity index (χ2n) is 7.14. The lowest BCUT2D eigenvalue weighted by molar-refractivity contribution is -0.137. The first-order valence-electron chi connectivity index (χ1n) is 9.96. The van der Waals surface area contributed by atoms with Crippen molar-refractivity contribution in [2.75, 3.05) is 12.4 Å². The molecule has 0 aliphatic heterocycles. The molecule has 0 atom stereocenters. The molecule has 35 heavy (non-hydrogen) atoms. The van der Waals surface area contributed by atoms with Gasteiger partial charge in [0.15, 0.2) is 11.5 Å². The fourth-order valence-corrected chi connectivity index (χ4v) is 3.10. The van der Waals surface area contributed by atoms with Crippen molar-refractivity contribution in [3.05, 3.63) is 93.8 Å². The molecular weight excluding hydrogens is 488 g/mol. The second kappa shape index (κ2) is 10.9. The van der Waals surface area contributed by atoms with E-state index in [0.29, 0.717) is 23.1 Å². The topological polar surface area (TPSA) is 71.3 Å². The summed E-state index contributed by atoms with van der Waals surface area (Å²) >= 11 is 5.90. The molecule has 180 valence electrons. The number of rotatable bonds is 7. The van der Waals surface area contributed by atoms with Gasteiger partial charge in [-0.05, 0) is 59.7 Å². The Balaban J connectivity index is 1.78. The highest BCUT2D eigenvalue weighted by Crippen LogP contribution is 2.34. The van der Waals surface area contributed by atoms with Gasteiger partial charge < -0.3 is 14.8 Å². The third kappa shape index (κ3) is 6.74. The number of anilines is 1. The van der Waals surface area contributed by atoms with Crippen molar-refractivity contribution in [3.8, 4) is 17.6 Å². The highest BCUT2D eigenvalue weighted by atomic mass is 35.5. The second-order valence-corrected chi connectivity index (χ2v) is 7.55. The molecule has 0 aliphatic carbocycles. The van der Waals surface area contributed by atoms with E-state index in [4.69, 9.17) is 21.1 Å². The maximum absolute atomic E-state index is 13.0. The van der Waals surface area contributed by atoms with Crippen molar-refractivity contribution in [2.24, 2.45) is 0 Å². The molecule has 0 heterocycles. The molecule has 0 saturated heterocycles. The number of halogens is 5. The molecule has 3 aromatic rings. The molecule has 1 amide bonds. The molecule has 0 aromatic heterocycles. The zero-order chi connectivity index (χ0) is 25.6. The van der Waals surface area contributed by atoms with Crippen LogP contribution in [0, 0.1) is 17.1 Å². The molecule has 0 aliphatic rings. The summed E-state index contributed by atoms with van der Waals surface area (Å²) < 4.78 is 62.9. The van der Waals surface area contributed by atoms with Crippen LogP contribution in [0.1, 0.15) is 16.7 Å². The quantitative estimate of drug-likeness (QED) is 0.223. The van der Waals surface area contributed by atoms with E-state index in [0.717, 1.165) is 17.7 Å². The summed E-state index contributed by atoms with van der Waals surface area (Å²) in [7, 11) is 1.40. The van der Waals surface area contributed by atoms with E-state index in [2.05, 4.69) is 5.32 Å². The summed E-state index contributed by atoms with van der Waals surface area (Å²) in [5.74, 6) is -0.633. The van der Waals surface area contributed by atoms with Crippen molar-refractivity contribution in [1.82, 2.24) is 0 Å². The Kier molecular flexibility index (Phi) is 7.99. The number of benzene rings is 3. The number of methoxy groups -OCH3 is 1. The maximum Gasteiger partial charge on any atom is 0.416 e. The average molecular weight is 505 g/mol. The van der Waals surface area contributed by atoms with Crippen LogP contribution in [-0.2, 0) is 17.6 Å². The van der Waals surface area contributed by atoms with Crippen LogP contribution < -0.4 is 14.8 Å². The van der Waals surface area contributed by atoms with Crippen molar-refractivity contribution in [1.29, 1.82) is 5.26 Å². The molecule has 0 bridgehead atoms. The molecule has 0 fully saturated rings. The van der Waals surface area contributed by atoms with Crippen LogP contribution in [0.4, 0.5) is 23.2 Å². The number of nitrogens with one attached hydrogen (secondary N) is 1. The number of alkyl halides is 3. The van der Waals surface area contributed by atoms with Gasteiger partial charge in [0.2, 0.25) is 0 Å². The fourth-order valence-electron chi connectivity index (χ4n) is 2.94. The first-order valence-corrected chi connectivity index (χ1v) is 10.3. The molecule has 0 spiro atoms. The van der Waals surface area contributed by atoms with Gasteiger partial charge in [0, 0.05) is 0 Å². The molecule has 0 radical (unpaired) electrons. The predicted octanol–water partition coefficient (Wildman–Crippen LogP) is 6.63. The summed E-state index contributed by atoms with van der Waals surface area (Å²) in [5.41, 5.74) is -0.525. The predicted molar refractivity (Wildman–Crippen MR) is 122 cm³/mol. The number of ether oxygens (including phenoxy) is 2. The number of carbonyl (C=O) groups is 1. The van der Waals surface area contributed by atoms with Gasteiger partial charge in [-0.1, -0.05) is 29.8 Å². The van der Waals surface area contributed by atoms with E-state index in [-0.39, 0.29) is 28.7 Å². The normalized spacial score (nSPS) is 11.5. The highest BCUT2D eigenvalue weighted by molar-refractivity contribution is 6.34. The van der Waals surface area contributed by atoms with E-state index in [1.54, 1.807) is 30.3 Å². The zero-order valence-electron chi connectivity index (χ0n) is 18.1. The average Bonchev–Trinajstić information content (AvgIpc) is 2.83. The van der Waals surface area contributed by atoms with E-state index < -0.39 is 17.6 Å². The minimum atomic E-state index is -4.63. The van der Waals surface area contributed by atoms with Crippen molar-refractivity contribution in [3.63, 3.8) is 0 Å². The van der Waals surface area contributed by atoms with Crippen molar-refractivity contribution < 1.29 is 31.8 Å². The molecule has 5 nitrogen and oxygen atoms in total. The summed E-state index contributed by atoms with van der Waals surface area (Å²) in [6.45, 7) is 0.148. The summed E-state index contributed by atoms with van der Waals surface area (Å²) in [6, 6.07) is 14.6. The number of hydrogen-bond acceptors (Lipinski definition) is 4. The van der Waals surface area contributed by atoms with Gasteiger partial charge in [-0.2, -0.15) is 18.4 Å². The Labute approximate surface area is 203 Å². The third-order valence-electron chi connectivity index (χ3n) is 4.71. The van der Waals surface area contributed by atoms with E-state index >= 15 is 0 Å². The molecule has 3 rings (SSSR count). The summed E-state index contributed by atoms with van der Waals surface area (Å²) in [6.07, 6.45) is -3.39. The van der Waals surface area contributed by atoms with Gasteiger partial charge in [0.1, 0.15) is 24.1 Å². The molecule has 0 unspecified atom stereocenters. The van der Waals surface area contributed by atoms with Gasteiger partial charge >= 0.3 is 6.18 Å². The Morgan fingerprint density at radius 3 is 2.43 bits per heavy atom. The first-order chi connectivity index (χ1) is 16.6. The molecule has 0 saturated carbocycles. The lowest BCUT2D eigenvalue weighted by Gasteiger charge is -2.12. The number of carbonyl (C=O) groups excluding carboxylic acids is 1. The Hall–Kier alpha value is -4.03. The van der Waals surface area contributed by atoms with E-state index in [1.165, 1.54) is 31.4 Å². The molecule has 10 heteroatoms. The van der Waals surface area contributed by atoms with Crippen LogP contribution in [0.5, 0.6) is 11.5 Å². The minimum absolute atomic E-state index is 0.118. The monoisotopic (exact) mass is 504 g/mol. The van der Waals surface area contributed by atoms with Crippen molar-refractivity contribution >= 4 is 29.3 Å². The van der Waals surface area contributed by atoms with Gasteiger partial charge in [-0.3, -0.25) is 4.79 Å². The molecule has 3 aromatic carbocycles. The third-order valence-corrected chi connectivity index (χ3v) is 5.04. The standard InChI is InChI=1S/C25H17ClF4N2O3/c1-34-23-11-16(4-9-22(23)35-14-15-2-6-19(27)7-3-15)10-17(13-31)24(33)32-21-12-18(25(28,29)30)5-8-20(21)26/h2-12H,14H2,1H3,(H,32,33)/b17-10+. The fraction of sp³-hybridized carbons (Fsp3) is 0.120. The number of nitriles is 1. The number of hydrogen-bond donors (Lipinski definition) is 1.